The van der Waals surface area contributed by atoms with Crippen LogP contribution in [-0.4, -0.2) is 39.1 Å². The minimum Gasteiger partial charge on any atom is -0.463 e. The van der Waals surface area contributed by atoms with E-state index >= 15 is 0 Å². The first kappa shape index (κ1) is 20.7. The zero-order valence-corrected chi connectivity index (χ0v) is 16.4. The van der Waals surface area contributed by atoms with Gasteiger partial charge in [0.25, 0.3) is 0 Å². The topological polar surface area (TPSA) is 59.2 Å². The third kappa shape index (κ3) is 5.06. The van der Waals surface area contributed by atoms with Gasteiger partial charge in [0.05, 0.1) is 6.26 Å². The second kappa shape index (κ2) is 8.98. The molecule has 0 saturated carbocycles. The largest absolute Gasteiger partial charge is 0.463 e. The minimum atomic E-state index is -4.59. The Morgan fingerprint density at radius 2 is 2.18 bits per heavy atom. The molecule has 0 radical (unpaired) electrons. The number of amides is 1. The summed E-state index contributed by atoms with van der Waals surface area (Å²) < 4.78 is 44.7. The highest BCUT2D eigenvalue weighted by Gasteiger charge is 2.34. The number of hydrogen-bond donors (Lipinski definition) is 0. The minimum absolute atomic E-state index is 0.0142. The van der Waals surface area contributed by atoms with E-state index in [-0.39, 0.29) is 35.0 Å². The highest BCUT2D eigenvalue weighted by molar-refractivity contribution is 7.99. The molecule has 1 fully saturated rings. The SMILES string of the molecule is CC[C@H]1CCCCN1C(=O)CCSc1nc(-c2ccco2)cc(C(F)(F)F)n1. The van der Waals surface area contributed by atoms with Crippen molar-refractivity contribution in [3.05, 3.63) is 30.2 Å². The lowest BCUT2D eigenvalue weighted by Crippen LogP contribution is -2.43. The summed E-state index contributed by atoms with van der Waals surface area (Å²) in [5.41, 5.74) is -0.951. The Hall–Kier alpha value is -2.03. The summed E-state index contributed by atoms with van der Waals surface area (Å²) in [4.78, 5) is 22.2. The molecule has 1 aliphatic rings. The number of hydrogen-bond acceptors (Lipinski definition) is 5. The van der Waals surface area contributed by atoms with Gasteiger partial charge in [0, 0.05) is 24.8 Å². The molecule has 0 unspecified atom stereocenters. The van der Waals surface area contributed by atoms with Gasteiger partial charge in [-0.1, -0.05) is 18.7 Å². The van der Waals surface area contributed by atoms with Crippen LogP contribution in [0.3, 0.4) is 0 Å². The number of furan rings is 1. The van der Waals surface area contributed by atoms with E-state index in [1.54, 1.807) is 12.1 Å². The van der Waals surface area contributed by atoms with Gasteiger partial charge in [0.2, 0.25) is 5.91 Å². The predicted molar refractivity (Wildman–Crippen MR) is 99.7 cm³/mol. The van der Waals surface area contributed by atoms with Gasteiger partial charge in [-0.2, -0.15) is 13.2 Å². The second-order valence-corrected chi connectivity index (χ2v) is 7.70. The average molecular weight is 413 g/mol. The van der Waals surface area contributed by atoms with Gasteiger partial charge in [-0.15, -0.1) is 0 Å². The number of rotatable bonds is 6. The Balaban J connectivity index is 1.68. The first-order chi connectivity index (χ1) is 13.4. The van der Waals surface area contributed by atoms with Crippen LogP contribution >= 0.6 is 11.8 Å². The molecular weight excluding hydrogens is 391 g/mol. The van der Waals surface area contributed by atoms with Crippen LogP contribution in [0.15, 0.2) is 34.0 Å². The Labute approximate surface area is 165 Å². The summed E-state index contributed by atoms with van der Waals surface area (Å²) in [5, 5.41) is -0.0142. The maximum absolute atomic E-state index is 13.2. The van der Waals surface area contributed by atoms with Crippen molar-refractivity contribution >= 4 is 17.7 Å². The quantitative estimate of drug-likeness (QED) is 0.491. The van der Waals surface area contributed by atoms with Crippen molar-refractivity contribution in [2.45, 2.75) is 56.4 Å². The Morgan fingerprint density at radius 3 is 2.86 bits per heavy atom. The normalized spacial score (nSPS) is 17.7. The van der Waals surface area contributed by atoms with Crippen LogP contribution in [0, 0.1) is 0 Å². The van der Waals surface area contributed by atoms with Crippen LogP contribution in [0.25, 0.3) is 11.5 Å². The second-order valence-electron chi connectivity index (χ2n) is 6.64. The lowest BCUT2D eigenvalue weighted by atomic mass is 10.00. The standard InChI is InChI=1S/C19H22F3N3O2S/c1-2-13-6-3-4-9-25(13)17(26)8-11-28-18-23-14(15-7-5-10-27-15)12-16(24-18)19(20,21)22/h5,7,10,12-13H,2-4,6,8-9,11H2,1H3/t13-/m0/s1. The molecule has 0 bridgehead atoms. The van der Waals surface area contributed by atoms with E-state index in [0.29, 0.717) is 5.75 Å². The molecule has 2 aromatic heterocycles. The smallest absolute Gasteiger partial charge is 0.433 e. The third-order valence-corrected chi connectivity index (χ3v) is 5.58. The van der Waals surface area contributed by atoms with Crippen molar-refractivity contribution in [3.8, 4) is 11.5 Å². The van der Waals surface area contributed by atoms with E-state index in [1.165, 1.54) is 6.26 Å². The molecule has 0 N–H and O–H groups in total. The first-order valence-corrected chi connectivity index (χ1v) is 10.3. The maximum atomic E-state index is 13.2. The average Bonchev–Trinajstić information content (AvgIpc) is 3.22. The van der Waals surface area contributed by atoms with Crippen LogP contribution < -0.4 is 0 Å². The third-order valence-electron chi connectivity index (χ3n) is 4.74. The summed E-state index contributed by atoms with van der Waals surface area (Å²) in [7, 11) is 0. The molecular formula is C19H22F3N3O2S. The number of thioether (sulfide) groups is 1. The fourth-order valence-electron chi connectivity index (χ4n) is 3.31. The number of alkyl halides is 3. The van der Waals surface area contributed by atoms with Crippen molar-refractivity contribution < 1.29 is 22.4 Å². The van der Waals surface area contributed by atoms with Gasteiger partial charge in [0.15, 0.2) is 10.9 Å². The van der Waals surface area contributed by atoms with Crippen LogP contribution in [0.1, 0.15) is 44.7 Å². The van der Waals surface area contributed by atoms with E-state index in [0.717, 1.165) is 50.1 Å². The first-order valence-electron chi connectivity index (χ1n) is 9.31. The van der Waals surface area contributed by atoms with Gasteiger partial charge in [-0.05, 0) is 43.9 Å². The highest BCUT2D eigenvalue weighted by atomic mass is 32.2. The number of carbonyl (C=O) groups is 1. The number of carbonyl (C=O) groups excluding carboxylic acids is 1. The van der Waals surface area contributed by atoms with Crippen molar-refractivity contribution in [2.24, 2.45) is 0 Å². The van der Waals surface area contributed by atoms with E-state index in [9.17, 15) is 18.0 Å². The molecule has 0 spiro atoms. The fraction of sp³-hybridized carbons (Fsp3) is 0.526. The van der Waals surface area contributed by atoms with Crippen LogP contribution in [0.2, 0.25) is 0 Å². The number of likely N-dealkylation sites (tertiary alicyclic amines) is 1. The lowest BCUT2D eigenvalue weighted by molar-refractivity contribution is -0.141. The van der Waals surface area contributed by atoms with E-state index in [2.05, 4.69) is 16.9 Å². The number of halogens is 3. The molecule has 1 aliphatic heterocycles. The molecule has 1 saturated heterocycles. The number of nitrogens with zero attached hydrogens (tertiary/aromatic N) is 3. The van der Waals surface area contributed by atoms with Crippen molar-refractivity contribution in [1.29, 1.82) is 0 Å². The molecule has 9 heteroatoms. The van der Waals surface area contributed by atoms with Crippen LogP contribution in [-0.2, 0) is 11.0 Å². The summed E-state index contributed by atoms with van der Waals surface area (Å²) in [6.07, 6.45) is 1.09. The van der Waals surface area contributed by atoms with Crippen molar-refractivity contribution in [1.82, 2.24) is 14.9 Å². The van der Waals surface area contributed by atoms with Crippen molar-refractivity contribution in [3.63, 3.8) is 0 Å². The van der Waals surface area contributed by atoms with Crippen LogP contribution in [0.5, 0.6) is 0 Å². The van der Waals surface area contributed by atoms with Crippen molar-refractivity contribution in [2.75, 3.05) is 12.3 Å². The summed E-state index contributed by atoms with van der Waals surface area (Å²) in [6.45, 7) is 2.82. The predicted octanol–water partition coefficient (Wildman–Crippen LogP) is 5.03. The van der Waals surface area contributed by atoms with Gasteiger partial charge < -0.3 is 9.32 Å². The molecule has 3 heterocycles. The highest BCUT2D eigenvalue weighted by Crippen LogP contribution is 2.32. The molecule has 5 nitrogen and oxygen atoms in total. The van der Waals surface area contributed by atoms with E-state index in [1.807, 2.05) is 4.90 Å². The van der Waals surface area contributed by atoms with Gasteiger partial charge >= 0.3 is 6.18 Å². The molecule has 1 amide bonds. The fourth-order valence-corrected chi connectivity index (χ4v) is 4.10. The Morgan fingerprint density at radius 1 is 1.36 bits per heavy atom. The molecule has 1 atom stereocenters. The molecule has 28 heavy (non-hydrogen) atoms. The Bertz CT molecular complexity index is 796. The van der Waals surface area contributed by atoms with E-state index in [4.69, 9.17) is 4.42 Å². The number of piperidine rings is 1. The summed E-state index contributed by atoms with van der Waals surface area (Å²) >= 11 is 1.05. The van der Waals surface area contributed by atoms with Gasteiger partial charge in [0.1, 0.15) is 11.4 Å². The zero-order chi connectivity index (χ0) is 20.1. The molecule has 152 valence electrons. The number of aromatic nitrogens is 2. The zero-order valence-electron chi connectivity index (χ0n) is 15.5. The molecule has 2 aromatic rings. The van der Waals surface area contributed by atoms with Crippen LogP contribution in [0.4, 0.5) is 13.2 Å². The molecule has 3 rings (SSSR count). The lowest BCUT2D eigenvalue weighted by Gasteiger charge is -2.35. The monoisotopic (exact) mass is 413 g/mol. The van der Waals surface area contributed by atoms with Gasteiger partial charge in [-0.3, -0.25) is 4.79 Å². The molecule has 0 aliphatic carbocycles. The van der Waals surface area contributed by atoms with E-state index < -0.39 is 11.9 Å². The summed E-state index contributed by atoms with van der Waals surface area (Å²) in [6, 6.07) is 4.26. The molecule has 0 aromatic carbocycles. The Kier molecular flexibility index (Phi) is 6.64. The summed E-state index contributed by atoms with van der Waals surface area (Å²) in [5.74, 6) is 0.604. The van der Waals surface area contributed by atoms with Gasteiger partial charge in [-0.25, -0.2) is 9.97 Å². The maximum Gasteiger partial charge on any atom is 0.433 e.